The molecule has 0 saturated heterocycles. The number of alkyl halides is 3. The number of hydrogen-bond acceptors (Lipinski definition) is 6. The maximum atomic E-state index is 14.5. The van der Waals surface area contributed by atoms with Crippen molar-refractivity contribution in [2.24, 2.45) is 0 Å². The van der Waals surface area contributed by atoms with Crippen molar-refractivity contribution >= 4 is 29.6 Å². The topological polar surface area (TPSA) is 126 Å². The van der Waals surface area contributed by atoms with E-state index in [1.54, 1.807) is 63.6 Å². The predicted molar refractivity (Wildman–Crippen MR) is 195 cm³/mol. The summed E-state index contributed by atoms with van der Waals surface area (Å²) in [5, 5.41) is 10.5. The summed E-state index contributed by atoms with van der Waals surface area (Å²) in [6.45, 7) is 9.56. The second-order valence-corrected chi connectivity index (χ2v) is 14.2. The lowest BCUT2D eigenvalue weighted by atomic mass is 9.80. The van der Waals surface area contributed by atoms with Crippen molar-refractivity contribution in [3.05, 3.63) is 124 Å². The largest absolute Gasteiger partial charge is 0.444 e. The van der Waals surface area contributed by atoms with Gasteiger partial charge in [0.2, 0.25) is 5.91 Å². The van der Waals surface area contributed by atoms with E-state index in [-0.39, 0.29) is 37.6 Å². The molecule has 0 radical (unpaired) electrons. The van der Waals surface area contributed by atoms with Crippen LogP contribution in [0.25, 0.3) is 5.69 Å². The van der Waals surface area contributed by atoms with Gasteiger partial charge in [-0.25, -0.2) is 9.48 Å². The molecule has 0 bridgehead atoms. The fraction of sp³-hybridized carbons (Fsp3) is 0.325. The number of hydrogen-bond donors (Lipinski definition) is 2. The average molecular weight is 743 g/mol. The van der Waals surface area contributed by atoms with Crippen molar-refractivity contribution in [2.75, 3.05) is 24.5 Å². The molecular formula is C40H41F3N6O5. The number of nitrogens with one attached hydrogen (secondary N) is 2. The van der Waals surface area contributed by atoms with Crippen LogP contribution in [0.2, 0.25) is 0 Å². The Morgan fingerprint density at radius 2 is 1.67 bits per heavy atom. The monoisotopic (exact) mass is 742 g/mol. The molecule has 0 fully saturated rings. The molecule has 11 nitrogen and oxygen atoms in total. The van der Waals surface area contributed by atoms with E-state index < -0.39 is 47.2 Å². The van der Waals surface area contributed by atoms with Crippen LogP contribution >= 0.6 is 0 Å². The Bertz CT molecular complexity index is 2120. The van der Waals surface area contributed by atoms with E-state index in [2.05, 4.69) is 10.6 Å². The van der Waals surface area contributed by atoms with Crippen molar-refractivity contribution < 1.29 is 37.1 Å². The van der Waals surface area contributed by atoms with E-state index in [9.17, 15) is 32.3 Å². The first-order valence-corrected chi connectivity index (χ1v) is 17.5. The minimum Gasteiger partial charge on any atom is -0.444 e. The number of carbonyl (C=O) groups excluding carboxylic acids is 4. The van der Waals surface area contributed by atoms with Crippen LogP contribution in [0.15, 0.2) is 90.5 Å². The minimum absolute atomic E-state index is 0.0968. The van der Waals surface area contributed by atoms with Gasteiger partial charge in [0, 0.05) is 42.3 Å². The summed E-state index contributed by atoms with van der Waals surface area (Å²) in [6.07, 6.45) is -3.51. The lowest BCUT2D eigenvalue weighted by Crippen LogP contribution is -2.55. The van der Waals surface area contributed by atoms with Crippen LogP contribution in [0.4, 0.5) is 23.8 Å². The van der Waals surface area contributed by atoms with Gasteiger partial charge >= 0.3 is 12.3 Å². The minimum atomic E-state index is -4.67. The number of carbonyl (C=O) groups is 4. The fourth-order valence-corrected chi connectivity index (χ4v) is 6.73. The van der Waals surface area contributed by atoms with Crippen LogP contribution in [-0.2, 0) is 27.0 Å². The molecule has 3 aromatic carbocycles. The highest BCUT2D eigenvalue weighted by Crippen LogP contribution is 2.43. The van der Waals surface area contributed by atoms with Gasteiger partial charge in [-0.3, -0.25) is 24.2 Å². The molecule has 6 rings (SSSR count). The zero-order valence-corrected chi connectivity index (χ0v) is 30.5. The molecule has 2 aliphatic heterocycles. The number of likely N-dealkylation sites (N-methyl/N-ethyl adjacent to an activating group) is 1. The van der Waals surface area contributed by atoms with Crippen LogP contribution < -0.4 is 15.5 Å². The number of nitrogens with zero attached hydrogens (tertiary/aromatic N) is 4. The van der Waals surface area contributed by atoms with E-state index in [1.165, 1.54) is 15.9 Å². The molecule has 0 spiro atoms. The van der Waals surface area contributed by atoms with Gasteiger partial charge in [-0.1, -0.05) is 54.6 Å². The molecule has 0 saturated carbocycles. The SMILES string of the molecule is CCN1C(=O)[C@H](NC(=O)c2cccc(C(F)(F)F)c2)[C@@H](c2cccc(CNC(=O)C3=CCN(C(=O)OC(C)(C)C)C3)c2)c2c(C)nn(-c3ccccc3)c21. The molecule has 2 aliphatic rings. The number of fused-ring (bicyclic) bond motifs is 1. The Morgan fingerprint density at radius 3 is 2.35 bits per heavy atom. The lowest BCUT2D eigenvalue weighted by Gasteiger charge is -2.38. The summed E-state index contributed by atoms with van der Waals surface area (Å²) < 4.78 is 47.8. The molecule has 54 heavy (non-hydrogen) atoms. The van der Waals surface area contributed by atoms with E-state index in [4.69, 9.17) is 9.84 Å². The molecule has 282 valence electrons. The van der Waals surface area contributed by atoms with E-state index in [0.717, 1.165) is 18.2 Å². The summed E-state index contributed by atoms with van der Waals surface area (Å²) in [6, 6.07) is 19.3. The van der Waals surface area contributed by atoms with Crippen molar-refractivity contribution in [1.82, 2.24) is 25.3 Å². The molecule has 2 atom stereocenters. The van der Waals surface area contributed by atoms with Crippen LogP contribution in [0.1, 0.15) is 71.9 Å². The number of rotatable bonds is 8. The Labute approximate surface area is 310 Å². The van der Waals surface area contributed by atoms with Gasteiger partial charge in [-0.05, 0) is 76.1 Å². The highest BCUT2D eigenvalue weighted by molar-refractivity contribution is 6.05. The smallest absolute Gasteiger partial charge is 0.416 e. The van der Waals surface area contributed by atoms with Gasteiger partial charge in [0.25, 0.3) is 11.8 Å². The first kappa shape index (κ1) is 37.8. The zero-order chi connectivity index (χ0) is 38.9. The second-order valence-electron chi connectivity index (χ2n) is 14.2. The summed E-state index contributed by atoms with van der Waals surface area (Å²) in [5.41, 5.74) is 1.77. The normalized spacial score (nSPS) is 17.2. The van der Waals surface area contributed by atoms with Gasteiger partial charge in [-0.15, -0.1) is 0 Å². The number of benzene rings is 3. The Morgan fingerprint density at radius 1 is 0.944 bits per heavy atom. The molecule has 3 heterocycles. The summed E-state index contributed by atoms with van der Waals surface area (Å²) in [7, 11) is 0. The number of aromatic nitrogens is 2. The Balaban J connectivity index is 1.33. The van der Waals surface area contributed by atoms with Crippen molar-refractivity contribution in [3.8, 4) is 5.69 Å². The van der Waals surface area contributed by atoms with Gasteiger partial charge in [0.1, 0.15) is 17.5 Å². The van der Waals surface area contributed by atoms with Crippen LogP contribution in [-0.4, -0.2) is 69.8 Å². The second kappa shape index (κ2) is 14.8. The third-order valence-electron chi connectivity index (χ3n) is 9.19. The van der Waals surface area contributed by atoms with Gasteiger partial charge in [-0.2, -0.15) is 18.3 Å². The molecule has 4 amide bonds. The summed E-state index contributed by atoms with van der Waals surface area (Å²) in [4.78, 5) is 56.8. The molecule has 2 N–H and O–H groups in total. The van der Waals surface area contributed by atoms with Gasteiger partial charge in [0.15, 0.2) is 0 Å². The average Bonchev–Trinajstić information content (AvgIpc) is 3.76. The van der Waals surface area contributed by atoms with Crippen LogP contribution in [0.3, 0.4) is 0 Å². The number of ether oxygens (including phenoxy) is 1. The lowest BCUT2D eigenvalue weighted by molar-refractivity contribution is -0.137. The number of aryl methyl sites for hydroxylation is 1. The van der Waals surface area contributed by atoms with Gasteiger partial charge in [0.05, 0.1) is 23.5 Å². The van der Waals surface area contributed by atoms with E-state index in [1.807, 2.05) is 36.4 Å². The number of para-hydroxylation sites is 1. The Hall–Kier alpha value is -5.92. The van der Waals surface area contributed by atoms with Crippen molar-refractivity contribution in [3.63, 3.8) is 0 Å². The zero-order valence-electron chi connectivity index (χ0n) is 30.5. The maximum absolute atomic E-state index is 14.5. The quantitative estimate of drug-likeness (QED) is 0.219. The molecule has 14 heteroatoms. The third kappa shape index (κ3) is 7.87. The molecule has 0 unspecified atom stereocenters. The summed E-state index contributed by atoms with van der Waals surface area (Å²) in [5.74, 6) is -1.95. The van der Waals surface area contributed by atoms with E-state index >= 15 is 0 Å². The molecular weight excluding hydrogens is 701 g/mol. The highest BCUT2D eigenvalue weighted by atomic mass is 19.4. The number of halogens is 3. The molecule has 1 aromatic heterocycles. The van der Waals surface area contributed by atoms with Gasteiger partial charge < -0.3 is 15.4 Å². The molecule has 4 aromatic rings. The third-order valence-corrected chi connectivity index (χ3v) is 9.19. The fourth-order valence-electron chi connectivity index (χ4n) is 6.73. The summed E-state index contributed by atoms with van der Waals surface area (Å²) >= 11 is 0. The standard InChI is InChI=1S/C40H41F3N6O5/c1-6-48-36-31(24(2)46-49(36)30-16-8-7-9-17-30)32(33(37(48)52)45-35(51)27-14-11-15-29(21-27)40(41,42)43)26-13-10-12-25(20-26)22-44-34(50)28-18-19-47(23-28)38(53)54-39(3,4)5/h7-18,20-21,32-33H,6,19,22-23H2,1-5H3,(H,44,50)(H,45,51)/t32-,33+/m0/s1. The number of anilines is 1. The van der Waals surface area contributed by atoms with E-state index in [0.29, 0.717) is 39.5 Å². The van der Waals surface area contributed by atoms with Crippen LogP contribution in [0.5, 0.6) is 0 Å². The predicted octanol–water partition coefficient (Wildman–Crippen LogP) is 6.29. The van der Waals surface area contributed by atoms with Crippen LogP contribution in [0, 0.1) is 6.92 Å². The maximum Gasteiger partial charge on any atom is 0.416 e. The first-order valence-electron chi connectivity index (χ1n) is 17.5. The van der Waals surface area contributed by atoms with Crippen molar-refractivity contribution in [1.29, 1.82) is 0 Å². The highest BCUT2D eigenvalue weighted by Gasteiger charge is 2.46. The molecule has 0 aliphatic carbocycles. The Kier molecular flexibility index (Phi) is 10.4. The first-order chi connectivity index (χ1) is 25.6. The van der Waals surface area contributed by atoms with Crippen molar-refractivity contribution in [2.45, 2.75) is 64.9 Å². The number of amides is 4.